The van der Waals surface area contributed by atoms with Gasteiger partial charge in [-0.25, -0.2) is 13.4 Å². The Morgan fingerprint density at radius 2 is 2.07 bits per heavy atom. The second-order valence-electron chi connectivity index (χ2n) is 8.00. The lowest BCUT2D eigenvalue weighted by Crippen LogP contribution is -2.52. The molecule has 1 aromatic heterocycles. The summed E-state index contributed by atoms with van der Waals surface area (Å²) in [5.74, 6) is 0.432. The quantitative estimate of drug-likeness (QED) is 0.729. The predicted molar refractivity (Wildman–Crippen MR) is 117 cm³/mol. The summed E-state index contributed by atoms with van der Waals surface area (Å²) in [7, 11) is -3.15. The Kier molecular flexibility index (Phi) is 6.40. The van der Waals surface area contributed by atoms with Gasteiger partial charge in [0.05, 0.1) is 28.2 Å². The molecule has 162 valence electrons. The van der Waals surface area contributed by atoms with E-state index < -0.39 is 9.84 Å². The van der Waals surface area contributed by atoms with Gasteiger partial charge in [0.2, 0.25) is 0 Å². The van der Waals surface area contributed by atoms with E-state index >= 15 is 0 Å². The average Bonchev–Trinajstić information content (AvgIpc) is 3.29. The van der Waals surface area contributed by atoms with Crippen LogP contribution in [0.1, 0.15) is 40.3 Å². The molecule has 4 rings (SSSR count). The number of thiazole rings is 1. The first-order valence-corrected chi connectivity index (χ1v) is 13.0. The van der Waals surface area contributed by atoms with Crippen LogP contribution in [-0.4, -0.2) is 60.9 Å². The zero-order valence-electron chi connectivity index (χ0n) is 17.0. The van der Waals surface area contributed by atoms with E-state index in [4.69, 9.17) is 4.74 Å². The van der Waals surface area contributed by atoms with Crippen molar-refractivity contribution in [2.45, 2.75) is 44.9 Å². The Balaban J connectivity index is 1.42. The number of nitrogens with zero attached hydrogens (tertiary/aromatic N) is 2. The highest BCUT2D eigenvalue weighted by Crippen LogP contribution is 2.23. The minimum Gasteiger partial charge on any atom is -0.487 e. The highest BCUT2D eigenvalue weighted by molar-refractivity contribution is 7.91. The Labute approximate surface area is 181 Å². The summed E-state index contributed by atoms with van der Waals surface area (Å²) in [5, 5.41) is 5.91. The van der Waals surface area contributed by atoms with Gasteiger partial charge in [0.25, 0.3) is 5.91 Å². The zero-order valence-corrected chi connectivity index (χ0v) is 18.7. The van der Waals surface area contributed by atoms with Gasteiger partial charge in [-0.15, -0.1) is 11.3 Å². The number of hydrogen-bond donors (Lipinski definition) is 1. The Bertz CT molecular complexity index is 999. The summed E-state index contributed by atoms with van der Waals surface area (Å²) in [6.07, 6.45) is 3.34. The number of ether oxygens (including phenoxy) is 1. The number of piperidine rings is 1. The lowest BCUT2D eigenvalue weighted by molar-refractivity contribution is 0.0899. The molecule has 2 aliphatic rings. The van der Waals surface area contributed by atoms with Gasteiger partial charge >= 0.3 is 0 Å². The number of amides is 1. The van der Waals surface area contributed by atoms with Crippen LogP contribution in [0.4, 0.5) is 0 Å². The van der Waals surface area contributed by atoms with E-state index in [-0.39, 0.29) is 29.5 Å². The minimum atomic E-state index is -3.15. The lowest BCUT2D eigenvalue weighted by Gasteiger charge is -2.35. The molecule has 1 aromatic carbocycles. The smallest absolute Gasteiger partial charge is 0.251 e. The molecule has 0 bridgehead atoms. The molecule has 0 unspecified atom stereocenters. The van der Waals surface area contributed by atoms with Crippen molar-refractivity contribution in [3.05, 3.63) is 45.9 Å². The van der Waals surface area contributed by atoms with Crippen molar-refractivity contribution >= 4 is 27.1 Å². The minimum absolute atomic E-state index is 0.000720. The molecule has 1 N–H and O–H groups in total. The topological polar surface area (TPSA) is 88.6 Å². The standard InChI is InChI=1S/C21H27N3O4S2/c1-15-22-17(12-29-15)11-28-18-7-5-6-16(10-18)21(25)23-19-13-30(26,27)14-20(19)24-8-3-2-4-9-24/h5-7,10,12,19-20H,2-4,8-9,11,13-14H2,1H3,(H,23,25)/t19-,20-/m0/s1. The molecule has 2 aromatic rings. The van der Waals surface area contributed by atoms with Crippen LogP contribution in [0, 0.1) is 6.92 Å². The Morgan fingerprint density at radius 3 is 2.80 bits per heavy atom. The van der Waals surface area contributed by atoms with Gasteiger partial charge in [-0.3, -0.25) is 9.69 Å². The first-order chi connectivity index (χ1) is 14.4. The van der Waals surface area contributed by atoms with Crippen molar-refractivity contribution in [3.63, 3.8) is 0 Å². The molecule has 2 saturated heterocycles. The maximum Gasteiger partial charge on any atom is 0.251 e. The fraction of sp³-hybridized carbons (Fsp3) is 0.524. The molecule has 0 saturated carbocycles. The molecule has 0 aliphatic carbocycles. The molecular weight excluding hydrogens is 422 g/mol. The number of aryl methyl sites for hydroxylation is 1. The highest BCUT2D eigenvalue weighted by Gasteiger charge is 2.42. The van der Waals surface area contributed by atoms with E-state index in [1.165, 1.54) is 6.42 Å². The summed E-state index contributed by atoms with van der Waals surface area (Å²) >= 11 is 1.57. The van der Waals surface area contributed by atoms with Crippen molar-refractivity contribution < 1.29 is 17.9 Å². The van der Waals surface area contributed by atoms with Crippen LogP contribution >= 0.6 is 11.3 Å². The van der Waals surface area contributed by atoms with Gasteiger partial charge in [0.15, 0.2) is 9.84 Å². The van der Waals surface area contributed by atoms with E-state index in [0.717, 1.165) is 36.6 Å². The van der Waals surface area contributed by atoms with Gasteiger partial charge in [0, 0.05) is 17.0 Å². The van der Waals surface area contributed by atoms with Crippen LogP contribution in [0.15, 0.2) is 29.6 Å². The summed E-state index contributed by atoms with van der Waals surface area (Å²) in [6.45, 7) is 4.07. The summed E-state index contributed by atoms with van der Waals surface area (Å²) in [5.41, 5.74) is 1.32. The molecule has 30 heavy (non-hydrogen) atoms. The molecule has 2 atom stereocenters. The van der Waals surface area contributed by atoms with Crippen LogP contribution in [-0.2, 0) is 16.4 Å². The van der Waals surface area contributed by atoms with Crippen LogP contribution in [0.2, 0.25) is 0 Å². The largest absolute Gasteiger partial charge is 0.487 e. The summed E-state index contributed by atoms with van der Waals surface area (Å²) < 4.78 is 30.3. The first kappa shape index (κ1) is 21.3. The first-order valence-electron chi connectivity index (χ1n) is 10.3. The number of carbonyl (C=O) groups excluding carboxylic acids is 1. The monoisotopic (exact) mass is 449 g/mol. The number of likely N-dealkylation sites (tertiary alicyclic amines) is 1. The second kappa shape index (κ2) is 9.03. The maximum atomic E-state index is 12.9. The Hall–Kier alpha value is -1.97. The molecular formula is C21H27N3O4S2. The van der Waals surface area contributed by atoms with E-state index in [9.17, 15) is 13.2 Å². The number of nitrogens with one attached hydrogen (secondary N) is 1. The SMILES string of the molecule is Cc1nc(COc2cccc(C(=O)N[C@H]3CS(=O)(=O)C[C@@H]3N3CCCCC3)c2)cs1. The molecule has 0 radical (unpaired) electrons. The van der Waals surface area contributed by atoms with Gasteiger partial charge in [-0.2, -0.15) is 0 Å². The van der Waals surface area contributed by atoms with Crippen molar-refractivity contribution in [1.29, 1.82) is 0 Å². The summed E-state index contributed by atoms with van der Waals surface area (Å²) in [6, 6.07) is 6.44. The maximum absolute atomic E-state index is 12.9. The molecule has 0 spiro atoms. The lowest BCUT2D eigenvalue weighted by atomic mass is 10.0. The van der Waals surface area contributed by atoms with E-state index in [1.54, 1.807) is 35.6 Å². The number of benzene rings is 1. The van der Waals surface area contributed by atoms with Crippen LogP contribution in [0.25, 0.3) is 0 Å². The van der Waals surface area contributed by atoms with Crippen molar-refractivity contribution in [2.75, 3.05) is 24.6 Å². The molecule has 3 heterocycles. The van der Waals surface area contributed by atoms with Gasteiger partial charge in [-0.05, 0) is 51.1 Å². The number of sulfone groups is 1. The number of carbonyl (C=O) groups is 1. The summed E-state index contributed by atoms with van der Waals surface area (Å²) in [4.78, 5) is 19.5. The Morgan fingerprint density at radius 1 is 1.27 bits per heavy atom. The van der Waals surface area contributed by atoms with Crippen molar-refractivity contribution in [1.82, 2.24) is 15.2 Å². The predicted octanol–water partition coefficient (Wildman–Crippen LogP) is 2.41. The van der Waals surface area contributed by atoms with Gasteiger partial charge in [-0.1, -0.05) is 12.5 Å². The van der Waals surface area contributed by atoms with Crippen LogP contribution in [0.3, 0.4) is 0 Å². The third-order valence-corrected chi connectivity index (χ3v) is 8.19. The van der Waals surface area contributed by atoms with E-state index in [1.807, 2.05) is 12.3 Å². The fourth-order valence-corrected chi connectivity index (χ4v) is 6.74. The third kappa shape index (κ3) is 5.19. The molecule has 2 fully saturated rings. The molecule has 7 nitrogen and oxygen atoms in total. The van der Waals surface area contributed by atoms with E-state index in [2.05, 4.69) is 15.2 Å². The number of aromatic nitrogens is 1. The van der Waals surface area contributed by atoms with Crippen molar-refractivity contribution in [2.24, 2.45) is 0 Å². The fourth-order valence-electron chi connectivity index (χ4n) is 4.19. The average molecular weight is 450 g/mol. The number of hydrogen-bond acceptors (Lipinski definition) is 7. The van der Waals surface area contributed by atoms with Gasteiger partial charge in [0.1, 0.15) is 12.4 Å². The molecule has 1 amide bonds. The highest BCUT2D eigenvalue weighted by atomic mass is 32.2. The number of rotatable bonds is 6. The van der Waals surface area contributed by atoms with Gasteiger partial charge < -0.3 is 10.1 Å². The molecule has 9 heteroatoms. The normalized spacial score (nSPS) is 23.9. The zero-order chi connectivity index (χ0) is 21.1. The van der Waals surface area contributed by atoms with Crippen LogP contribution in [0.5, 0.6) is 5.75 Å². The van der Waals surface area contributed by atoms with Crippen LogP contribution < -0.4 is 10.1 Å². The third-order valence-electron chi connectivity index (χ3n) is 5.65. The second-order valence-corrected chi connectivity index (χ2v) is 11.2. The van der Waals surface area contributed by atoms with E-state index in [0.29, 0.717) is 17.9 Å². The van der Waals surface area contributed by atoms with Crippen molar-refractivity contribution in [3.8, 4) is 5.75 Å². The molecule has 2 aliphatic heterocycles.